The summed E-state index contributed by atoms with van der Waals surface area (Å²) in [6.45, 7) is 3.85. The topological polar surface area (TPSA) is 114 Å². The molecule has 1 aliphatic carbocycles. The number of amides is 1. The van der Waals surface area contributed by atoms with E-state index in [0.717, 1.165) is 30.6 Å². The summed E-state index contributed by atoms with van der Waals surface area (Å²) in [5.74, 6) is 6.85. The zero-order valence-electron chi connectivity index (χ0n) is 20.3. The van der Waals surface area contributed by atoms with Gasteiger partial charge in [0.1, 0.15) is 17.3 Å². The van der Waals surface area contributed by atoms with E-state index < -0.39 is 6.35 Å². The maximum atomic E-state index is 12.3. The predicted octanol–water partition coefficient (Wildman–Crippen LogP) is 1.33. The van der Waals surface area contributed by atoms with E-state index in [1.165, 1.54) is 4.90 Å². The second kappa shape index (κ2) is 10.7. The summed E-state index contributed by atoms with van der Waals surface area (Å²) in [6.07, 6.45) is 3.46. The number of likely N-dealkylation sites (N-methyl/N-ethyl adjacent to an activating group) is 1. The van der Waals surface area contributed by atoms with E-state index in [0.29, 0.717) is 49.2 Å². The number of carbonyl (C=O) groups is 2. The van der Waals surface area contributed by atoms with E-state index in [9.17, 15) is 14.7 Å². The fraction of sp³-hybridized carbons (Fsp3) is 0.440. The Hall–Kier alpha value is -3.68. The van der Waals surface area contributed by atoms with Crippen LogP contribution in [0.1, 0.15) is 41.4 Å². The molecule has 1 aliphatic heterocycles. The maximum Gasteiger partial charge on any atom is 0.237 e. The van der Waals surface area contributed by atoms with E-state index in [-0.39, 0.29) is 11.6 Å². The summed E-state index contributed by atoms with van der Waals surface area (Å²) >= 11 is 0. The predicted molar refractivity (Wildman–Crippen MR) is 134 cm³/mol. The Morgan fingerprint density at radius 2 is 2.14 bits per heavy atom. The fourth-order valence-electron chi connectivity index (χ4n) is 3.81. The molecule has 0 bridgehead atoms. The number of hydrogen-bond donors (Lipinski definition) is 3. The molecule has 35 heavy (non-hydrogen) atoms. The van der Waals surface area contributed by atoms with Crippen LogP contribution in [0.2, 0.25) is 0 Å². The van der Waals surface area contributed by atoms with Crippen molar-refractivity contribution in [1.82, 2.24) is 19.8 Å². The quantitative estimate of drug-likeness (QED) is 0.280. The molecular weight excluding hydrogens is 446 g/mol. The van der Waals surface area contributed by atoms with Crippen molar-refractivity contribution in [2.75, 3.05) is 49.3 Å². The lowest BCUT2D eigenvalue weighted by atomic mass is 10.1. The fourth-order valence-corrected chi connectivity index (χ4v) is 3.81. The summed E-state index contributed by atoms with van der Waals surface area (Å²) in [5, 5.41) is 17.2. The zero-order chi connectivity index (χ0) is 24.9. The normalized spacial score (nSPS) is 16.8. The van der Waals surface area contributed by atoms with Crippen molar-refractivity contribution < 1.29 is 14.7 Å². The Kier molecular flexibility index (Phi) is 7.48. The average Bonchev–Trinajstić information content (AvgIpc) is 3.66. The number of aromatic nitrogens is 2. The van der Waals surface area contributed by atoms with Gasteiger partial charge >= 0.3 is 0 Å². The van der Waals surface area contributed by atoms with E-state index >= 15 is 0 Å². The van der Waals surface area contributed by atoms with E-state index in [1.807, 2.05) is 18.0 Å². The van der Waals surface area contributed by atoms with Crippen LogP contribution >= 0.6 is 0 Å². The van der Waals surface area contributed by atoms with Crippen molar-refractivity contribution in [3.8, 4) is 11.8 Å². The van der Waals surface area contributed by atoms with Crippen LogP contribution in [0.15, 0.2) is 24.4 Å². The molecule has 2 aliphatic rings. The van der Waals surface area contributed by atoms with Crippen molar-refractivity contribution in [2.24, 2.45) is 0 Å². The Balaban J connectivity index is 1.45. The van der Waals surface area contributed by atoms with Crippen LogP contribution in [-0.4, -0.2) is 83.2 Å². The van der Waals surface area contributed by atoms with Crippen molar-refractivity contribution in [3.63, 3.8) is 0 Å². The lowest BCUT2D eigenvalue weighted by molar-refractivity contribution is -0.136. The molecule has 184 valence electrons. The molecule has 2 aromatic rings. The SMILES string of the molecule is CC#Cc1cnc(NC(O)N(C)c2ccc(CN3CCN(C)CC3=O)c(C=O)n2)cc1NC1CC1. The van der Waals surface area contributed by atoms with Crippen LogP contribution < -0.4 is 15.5 Å². The monoisotopic (exact) mass is 477 g/mol. The number of aldehydes is 1. The molecule has 10 nitrogen and oxygen atoms in total. The van der Waals surface area contributed by atoms with Gasteiger partial charge in [0.15, 0.2) is 6.29 Å². The Morgan fingerprint density at radius 3 is 2.83 bits per heavy atom. The number of rotatable bonds is 9. The van der Waals surface area contributed by atoms with Gasteiger partial charge in [0.2, 0.25) is 12.3 Å². The smallest absolute Gasteiger partial charge is 0.237 e. The first kappa shape index (κ1) is 24.4. The summed E-state index contributed by atoms with van der Waals surface area (Å²) in [4.78, 5) is 38.1. The molecule has 1 saturated carbocycles. The Labute approximate surface area is 205 Å². The van der Waals surface area contributed by atoms with E-state index in [4.69, 9.17) is 0 Å². The first-order valence-electron chi connectivity index (χ1n) is 11.7. The minimum atomic E-state index is -1.14. The van der Waals surface area contributed by atoms with E-state index in [1.54, 1.807) is 37.2 Å². The highest BCUT2D eigenvalue weighted by atomic mass is 16.3. The first-order chi connectivity index (χ1) is 16.9. The molecule has 3 N–H and O–H groups in total. The maximum absolute atomic E-state index is 12.3. The van der Waals surface area contributed by atoms with Gasteiger partial charge in [-0.05, 0) is 32.9 Å². The van der Waals surface area contributed by atoms with Crippen molar-refractivity contribution in [1.29, 1.82) is 0 Å². The lowest BCUT2D eigenvalue weighted by Crippen LogP contribution is -2.48. The number of aliphatic hydroxyl groups is 1. The molecule has 4 rings (SSSR count). The molecule has 10 heteroatoms. The number of piperazine rings is 1. The van der Waals surface area contributed by atoms with E-state index in [2.05, 4.69) is 32.4 Å². The van der Waals surface area contributed by atoms with Crippen LogP contribution in [0.5, 0.6) is 0 Å². The Morgan fingerprint density at radius 1 is 1.34 bits per heavy atom. The van der Waals surface area contributed by atoms with Crippen LogP contribution in [0.3, 0.4) is 0 Å². The van der Waals surface area contributed by atoms with Crippen LogP contribution in [0.25, 0.3) is 0 Å². The minimum Gasteiger partial charge on any atom is -0.381 e. The van der Waals surface area contributed by atoms with Crippen molar-refractivity contribution in [2.45, 2.75) is 38.7 Å². The first-order valence-corrected chi connectivity index (χ1v) is 11.7. The summed E-state index contributed by atoms with van der Waals surface area (Å²) in [5.41, 5.74) is 2.59. The molecule has 2 fully saturated rings. The number of nitrogens with zero attached hydrogens (tertiary/aromatic N) is 5. The molecule has 0 spiro atoms. The highest BCUT2D eigenvalue weighted by Gasteiger charge is 2.24. The summed E-state index contributed by atoms with van der Waals surface area (Å²) in [6, 6.07) is 5.77. The molecule has 1 amide bonds. The highest BCUT2D eigenvalue weighted by molar-refractivity contribution is 5.80. The lowest BCUT2D eigenvalue weighted by Gasteiger charge is -2.32. The van der Waals surface area contributed by atoms with Gasteiger partial charge in [0.05, 0.1) is 17.8 Å². The Bertz CT molecular complexity index is 1160. The van der Waals surface area contributed by atoms with Gasteiger partial charge in [-0.3, -0.25) is 14.5 Å². The summed E-state index contributed by atoms with van der Waals surface area (Å²) < 4.78 is 0. The van der Waals surface area contributed by atoms with Gasteiger partial charge in [-0.1, -0.05) is 12.0 Å². The zero-order valence-corrected chi connectivity index (χ0v) is 20.3. The molecule has 0 aromatic carbocycles. The molecule has 0 radical (unpaired) electrons. The van der Waals surface area contributed by atoms with Gasteiger partial charge in [0.25, 0.3) is 0 Å². The molecule has 1 atom stereocenters. The third kappa shape index (κ3) is 6.07. The van der Waals surface area contributed by atoms with Gasteiger partial charge in [-0.25, -0.2) is 9.97 Å². The number of pyridine rings is 2. The number of aliphatic hydroxyl groups excluding tert-OH is 1. The van der Waals surface area contributed by atoms with Gasteiger partial charge in [0, 0.05) is 50.6 Å². The van der Waals surface area contributed by atoms with Crippen LogP contribution in [-0.2, 0) is 11.3 Å². The molecule has 1 saturated heterocycles. The third-order valence-electron chi connectivity index (χ3n) is 6.09. The van der Waals surface area contributed by atoms with Gasteiger partial charge < -0.3 is 25.5 Å². The largest absolute Gasteiger partial charge is 0.381 e. The summed E-state index contributed by atoms with van der Waals surface area (Å²) in [7, 11) is 3.57. The van der Waals surface area contributed by atoms with Crippen LogP contribution in [0, 0.1) is 11.8 Å². The molecular formula is C25H31N7O3. The van der Waals surface area contributed by atoms with Crippen molar-refractivity contribution >= 4 is 29.5 Å². The number of hydrogen-bond acceptors (Lipinski definition) is 9. The second-order valence-electron chi connectivity index (χ2n) is 8.92. The molecule has 1 unspecified atom stereocenters. The van der Waals surface area contributed by atoms with Crippen molar-refractivity contribution in [3.05, 3.63) is 41.2 Å². The minimum absolute atomic E-state index is 0.0235. The van der Waals surface area contributed by atoms with Gasteiger partial charge in [-0.15, -0.1) is 5.92 Å². The standard InChI is InChI=1S/C25H31N7O3/c1-4-5-17-13-26-22(12-20(17)27-19-7-8-19)29-25(35)31(3)23-9-6-18(21(16-33)28-23)14-32-11-10-30(2)15-24(32)34/h6,9,12-13,16,19,25,35H,7-8,10-11,14-15H2,1-3H3,(H2,26,27,29). The highest BCUT2D eigenvalue weighted by Crippen LogP contribution is 2.28. The number of nitrogens with one attached hydrogen (secondary N) is 2. The van der Waals surface area contributed by atoms with Crippen LogP contribution in [0.4, 0.5) is 17.3 Å². The van der Waals surface area contributed by atoms with Gasteiger partial charge in [-0.2, -0.15) is 0 Å². The number of carbonyl (C=O) groups excluding carboxylic acids is 2. The molecule has 2 aromatic heterocycles. The number of anilines is 3. The molecule has 3 heterocycles. The third-order valence-corrected chi connectivity index (χ3v) is 6.09. The second-order valence-corrected chi connectivity index (χ2v) is 8.92. The average molecular weight is 478 g/mol.